The molecule has 1 aliphatic heterocycles. The van der Waals surface area contributed by atoms with E-state index in [9.17, 15) is 9.59 Å². The van der Waals surface area contributed by atoms with Crippen molar-refractivity contribution >= 4 is 28.3 Å². The van der Waals surface area contributed by atoms with E-state index >= 15 is 0 Å². The molecule has 1 aliphatic rings. The molecule has 1 N–H and O–H groups in total. The summed E-state index contributed by atoms with van der Waals surface area (Å²) in [5.74, 6) is -0.0592. The van der Waals surface area contributed by atoms with Crippen LogP contribution in [-0.4, -0.2) is 59.2 Å². The molecule has 154 valence electrons. The molecule has 0 unspecified atom stereocenters. The molecule has 1 saturated heterocycles. The lowest BCUT2D eigenvalue weighted by Gasteiger charge is -2.34. The summed E-state index contributed by atoms with van der Waals surface area (Å²) in [6.07, 6.45) is 1.82. The van der Waals surface area contributed by atoms with Gasteiger partial charge in [-0.2, -0.15) is 0 Å². The van der Waals surface area contributed by atoms with Gasteiger partial charge in [-0.25, -0.2) is 0 Å². The number of nitrogens with one attached hydrogen (secondary N) is 1. The van der Waals surface area contributed by atoms with E-state index in [-0.39, 0.29) is 11.7 Å². The van der Waals surface area contributed by atoms with Gasteiger partial charge in [0.2, 0.25) is 5.91 Å². The minimum atomic E-state index is -0.0498. The second-order valence-electron chi connectivity index (χ2n) is 7.77. The quantitative estimate of drug-likeness (QED) is 0.642. The monoisotopic (exact) mass is 402 g/mol. The number of anilines is 1. The topological polar surface area (TPSA) is 65.5 Å². The molecule has 1 fully saturated rings. The molecule has 2 aromatic carbocycles. The summed E-state index contributed by atoms with van der Waals surface area (Å²) in [5.41, 5.74) is 3.57. The number of pyridine rings is 1. The second kappa shape index (κ2) is 9.15. The normalized spacial score (nSPS) is 15.2. The smallest absolute Gasteiger partial charge is 0.238 e. The summed E-state index contributed by atoms with van der Waals surface area (Å²) in [7, 11) is 0. The number of fused-ring (bicyclic) bond motifs is 1. The number of carbonyl (C=O) groups is 2. The first-order valence-corrected chi connectivity index (χ1v) is 10.3. The fraction of sp³-hybridized carbons (Fsp3) is 0.292. The molecule has 1 amide bonds. The van der Waals surface area contributed by atoms with Crippen molar-refractivity contribution in [2.75, 3.05) is 38.0 Å². The zero-order chi connectivity index (χ0) is 20.9. The van der Waals surface area contributed by atoms with Crippen molar-refractivity contribution in [2.45, 2.75) is 13.5 Å². The number of piperazine rings is 1. The molecule has 6 heteroatoms. The van der Waals surface area contributed by atoms with Crippen molar-refractivity contribution in [2.24, 2.45) is 0 Å². The Hall–Kier alpha value is -3.09. The Balaban J connectivity index is 1.26. The fourth-order valence-electron chi connectivity index (χ4n) is 3.81. The molecule has 3 aromatic rings. The predicted molar refractivity (Wildman–Crippen MR) is 119 cm³/mol. The third-order valence-electron chi connectivity index (χ3n) is 5.46. The van der Waals surface area contributed by atoms with E-state index in [1.165, 1.54) is 17.9 Å². The number of hydrogen-bond acceptors (Lipinski definition) is 5. The van der Waals surface area contributed by atoms with Gasteiger partial charge in [0, 0.05) is 55.6 Å². The van der Waals surface area contributed by atoms with E-state index in [0.717, 1.165) is 38.2 Å². The van der Waals surface area contributed by atoms with Crippen molar-refractivity contribution < 1.29 is 9.59 Å². The maximum atomic E-state index is 12.4. The summed E-state index contributed by atoms with van der Waals surface area (Å²) in [6, 6.07) is 17.5. The predicted octanol–water partition coefficient (Wildman–Crippen LogP) is 3.19. The zero-order valence-corrected chi connectivity index (χ0v) is 17.2. The van der Waals surface area contributed by atoms with Crippen LogP contribution in [0.2, 0.25) is 0 Å². The van der Waals surface area contributed by atoms with Gasteiger partial charge in [-0.05, 0) is 42.8 Å². The van der Waals surface area contributed by atoms with Crippen molar-refractivity contribution in [3.63, 3.8) is 0 Å². The zero-order valence-electron chi connectivity index (χ0n) is 17.2. The SMILES string of the molecule is CC(=O)c1cccc(NC(=O)CN2CCN(Cc3ccc4ncccc4c3)CC2)c1. The first kappa shape index (κ1) is 20.2. The number of nitrogens with zero attached hydrogens (tertiary/aromatic N) is 3. The van der Waals surface area contributed by atoms with E-state index in [2.05, 4.69) is 44.4 Å². The average Bonchev–Trinajstić information content (AvgIpc) is 2.75. The van der Waals surface area contributed by atoms with E-state index in [0.29, 0.717) is 17.8 Å². The number of carbonyl (C=O) groups excluding carboxylic acids is 2. The van der Waals surface area contributed by atoms with Crippen molar-refractivity contribution in [1.82, 2.24) is 14.8 Å². The van der Waals surface area contributed by atoms with Crippen LogP contribution < -0.4 is 5.32 Å². The number of ketones is 1. The third-order valence-corrected chi connectivity index (χ3v) is 5.46. The highest BCUT2D eigenvalue weighted by atomic mass is 16.2. The van der Waals surface area contributed by atoms with Crippen LogP contribution in [0.1, 0.15) is 22.8 Å². The van der Waals surface area contributed by atoms with Gasteiger partial charge in [-0.15, -0.1) is 0 Å². The molecule has 0 spiro atoms. The largest absolute Gasteiger partial charge is 0.325 e. The highest BCUT2D eigenvalue weighted by Gasteiger charge is 2.19. The van der Waals surface area contributed by atoms with Gasteiger partial charge in [-0.3, -0.25) is 24.4 Å². The van der Waals surface area contributed by atoms with Gasteiger partial charge in [-0.1, -0.05) is 24.3 Å². The first-order chi connectivity index (χ1) is 14.6. The summed E-state index contributed by atoms with van der Waals surface area (Å²) in [5, 5.41) is 4.07. The molecule has 2 heterocycles. The molecule has 1 aromatic heterocycles. The van der Waals surface area contributed by atoms with Gasteiger partial charge in [0.25, 0.3) is 0 Å². The summed E-state index contributed by atoms with van der Waals surface area (Å²) < 4.78 is 0. The number of hydrogen-bond donors (Lipinski definition) is 1. The lowest BCUT2D eigenvalue weighted by molar-refractivity contribution is -0.117. The number of benzene rings is 2. The lowest BCUT2D eigenvalue weighted by Crippen LogP contribution is -2.48. The minimum absolute atomic E-state index is 0.00935. The van der Waals surface area contributed by atoms with Crippen LogP contribution in [0, 0.1) is 0 Å². The van der Waals surface area contributed by atoms with Crippen LogP contribution in [0.4, 0.5) is 5.69 Å². The minimum Gasteiger partial charge on any atom is -0.325 e. The fourth-order valence-corrected chi connectivity index (χ4v) is 3.81. The maximum Gasteiger partial charge on any atom is 0.238 e. The number of Topliss-reactive ketones (excluding diaryl/α,β-unsaturated/α-hetero) is 1. The molecule has 0 atom stereocenters. The Labute approximate surface area is 176 Å². The molecule has 30 heavy (non-hydrogen) atoms. The van der Waals surface area contributed by atoms with Crippen molar-refractivity contribution in [3.05, 3.63) is 71.9 Å². The van der Waals surface area contributed by atoms with Gasteiger partial charge >= 0.3 is 0 Å². The molecule has 6 nitrogen and oxygen atoms in total. The molecule has 4 rings (SSSR count). The molecular formula is C24H26N4O2. The lowest BCUT2D eigenvalue weighted by atomic mass is 10.1. The Kier molecular flexibility index (Phi) is 6.16. The van der Waals surface area contributed by atoms with Crippen LogP contribution in [0.3, 0.4) is 0 Å². The van der Waals surface area contributed by atoms with E-state index in [4.69, 9.17) is 0 Å². The van der Waals surface area contributed by atoms with E-state index in [1.807, 2.05) is 12.3 Å². The first-order valence-electron chi connectivity index (χ1n) is 10.3. The van der Waals surface area contributed by atoms with Gasteiger partial charge in [0.15, 0.2) is 5.78 Å². The molecule has 0 aliphatic carbocycles. The Bertz CT molecular complexity index is 1060. The Morgan fingerprint density at radius 3 is 2.57 bits per heavy atom. The standard InChI is InChI=1S/C24H26N4O2/c1-18(29)20-4-2-6-22(15-20)26-24(30)17-28-12-10-27(11-13-28)16-19-7-8-23-21(14-19)5-3-9-25-23/h2-9,14-15H,10-13,16-17H2,1H3,(H,26,30). The van der Waals surface area contributed by atoms with Crippen molar-refractivity contribution in [3.8, 4) is 0 Å². The van der Waals surface area contributed by atoms with E-state index in [1.54, 1.807) is 24.3 Å². The van der Waals surface area contributed by atoms with Gasteiger partial charge in [0.05, 0.1) is 12.1 Å². The van der Waals surface area contributed by atoms with Crippen molar-refractivity contribution in [1.29, 1.82) is 0 Å². The van der Waals surface area contributed by atoms with E-state index < -0.39 is 0 Å². The maximum absolute atomic E-state index is 12.4. The number of aromatic nitrogens is 1. The second-order valence-corrected chi connectivity index (χ2v) is 7.77. The van der Waals surface area contributed by atoms with Crippen LogP contribution in [-0.2, 0) is 11.3 Å². The van der Waals surface area contributed by atoms with Crippen LogP contribution in [0.15, 0.2) is 60.8 Å². The highest BCUT2D eigenvalue weighted by Crippen LogP contribution is 2.16. The Morgan fingerprint density at radius 2 is 1.77 bits per heavy atom. The Morgan fingerprint density at radius 1 is 0.967 bits per heavy atom. The number of amides is 1. The molecule has 0 bridgehead atoms. The third kappa shape index (κ3) is 5.09. The van der Waals surface area contributed by atoms with Gasteiger partial charge < -0.3 is 5.32 Å². The summed E-state index contributed by atoms with van der Waals surface area (Å²) in [4.78, 5) is 32.9. The van der Waals surface area contributed by atoms with Crippen LogP contribution in [0.5, 0.6) is 0 Å². The summed E-state index contributed by atoms with van der Waals surface area (Å²) >= 11 is 0. The van der Waals surface area contributed by atoms with Crippen LogP contribution in [0.25, 0.3) is 10.9 Å². The molecule has 0 saturated carbocycles. The summed E-state index contributed by atoms with van der Waals surface area (Å²) in [6.45, 7) is 6.36. The van der Waals surface area contributed by atoms with Gasteiger partial charge in [0.1, 0.15) is 0 Å². The molecule has 0 radical (unpaired) electrons. The average molecular weight is 402 g/mol. The van der Waals surface area contributed by atoms with Crippen LogP contribution >= 0.6 is 0 Å². The molecular weight excluding hydrogens is 376 g/mol. The number of rotatable bonds is 6. The highest BCUT2D eigenvalue weighted by molar-refractivity contribution is 5.97.